The first-order valence-electron chi connectivity index (χ1n) is 8.88. The summed E-state index contributed by atoms with van der Waals surface area (Å²) in [6, 6.07) is 7.35. The Morgan fingerprint density at radius 3 is 2.37 bits per heavy atom. The number of alkyl halides is 3. The lowest BCUT2D eigenvalue weighted by Gasteiger charge is -2.08. The number of sulfonamides is 1. The minimum atomic E-state index is -4.61. The van der Waals surface area contributed by atoms with Gasteiger partial charge in [0, 0.05) is 24.2 Å². The Labute approximate surface area is 170 Å². The second-order valence-electron chi connectivity index (χ2n) is 7.77. The third kappa shape index (κ3) is 3.47. The van der Waals surface area contributed by atoms with E-state index in [9.17, 15) is 21.6 Å². The lowest BCUT2D eigenvalue weighted by molar-refractivity contribution is -0.137. The quantitative estimate of drug-likeness (QED) is 0.665. The van der Waals surface area contributed by atoms with Crippen LogP contribution in [0.4, 0.5) is 13.2 Å². The Kier molecular flexibility index (Phi) is 4.51. The minimum Gasteiger partial charge on any atom is -0.334 e. The van der Waals surface area contributed by atoms with Crippen LogP contribution in [0.15, 0.2) is 52.1 Å². The molecule has 1 aliphatic rings. The highest BCUT2D eigenvalue weighted by Crippen LogP contribution is 2.69. The fourth-order valence-corrected chi connectivity index (χ4v) is 4.40. The lowest BCUT2D eigenvalue weighted by atomic mass is 10.0. The summed E-state index contributed by atoms with van der Waals surface area (Å²) in [4.78, 5) is 7.75. The van der Waals surface area contributed by atoms with Gasteiger partial charge in [-0.05, 0) is 29.2 Å². The molecule has 30 heavy (non-hydrogen) atoms. The molecule has 0 bridgehead atoms. The van der Waals surface area contributed by atoms with E-state index in [-0.39, 0.29) is 33.6 Å². The molecule has 4 rings (SSSR count). The maximum absolute atomic E-state index is 13.3. The third-order valence-electron chi connectivity index (χ3n) is 5.47. The molecule has 2 atom stereocenters. The number of hydrogen-bond donors (Lipinski definition) is 1. The van der Waals surface area contributed by atoms with Crippen molar-refractivity contribution in [2.45, 2.75) is 36.8 Å². The van der Waals surface area contributed by atoms with E-state index in [4.69, 9.17) is 9.66 Å². The van der Waals surface area contributed by atoms with Crippen molar-refractivity contribution in [3.63, 3.8) is 0 Å². The highest BCUT2D eigenvalue weighted by atomic mass is 32.2. The Bertz CT molecular complexity index is 1200. The summed E-state index contributed by atoms with van der Waals surface area (Å²) in [5.41, 5.74) is -0.632. The average molecular weight is 438 g/mol. The number of rotatable bonds is 4. The molecule has 11 heteroatoms. The smallest absolute Gasteiger partial charge is 0.334 e. The molecule has 2 N–H and O–H groups in total. The predicted octanol–water partition coefficient (Wildman–Crippen LogP) is 3.71. The van der Waals surface area contributed by atoms with Gasteiger partial charge in [0.05, 0.1) is 16.0 Å². The summed E-state index contributed by atoms with van der Waals surface area (Å²) in [5, 5.41) is 9.04. The summed E-state index contributed by atoms with van der Waals surface area (Å²) in [6.07, 6.45) is -2.66. The van der Waals surface area contributed by atoms with Crippen LogP contribution in [0, 0.1) is 5.41 Å². The van der Waals surface area contributed by atoms with Crippen molar-refractivity contribution in [2.24, 2.45) is 10.6 Å². The molecule has 0 spiro atoms. The van der Waals surface area contributed by atoms with Crippen LogP contribution in [0.5, 0.6) is 0 Å². The molecule has 0 aliphatic heterocycles. The molecule has 0 saturated heterocycles. The Morgan fingerprint density at radius 2 is 1.77 bits per heavy atom. The van der Waals surface area contributed by atoms with Gasteiger partial charge in [0.2, 0.25) is 10.0 Å². The van der Waals surface area contributed by atoms with E-state index >= 15 is 0 Å². The number of hydrogen-bond acceptors (Lipinski definition) is 6. The van der Waals surface area contributed by atoms with Crippen LogP contribution in [0.3, 0.4) is 0 Å². The number of nitrogens with zero attached hydrogens (tertiary/aromatic N) is 3. The summed E-state index contributed by atoms with van der Waals surface area (Å²) < 4.78 is 67.8. The van der Waals surface area contributed by atoms with Crippen molar-refractivity contribution in [3.05, 3.63) is 59.7 Å². The summed E-state index contributed by atoms with van der Waals surface area (Å²) in [6.45, 7) is 3.94. The molecule has 158 valence electrons. The zero-order valence-corrected chi connectivity index (χ0v) is 16.7. The van der Waals surface area contributed by atoms with Crippen LogP contribution in [0.25, 0.3) is 11.5 Å². The molecule has 1 fully saturated rings. The van der Waals surface area contributed by atoms with Crippen LogP contribution in [-0.2, 0) is 16.2 Å². The molecule has 0 unspecified atom stereocenters. The van der Waals surface area contributed by atoms with E-state index in [1.807, 2.05) is 13.8 Å². The molecule has 0 radical (unpaired) electrons. The summed E-state index contributed by atoms with van der Waals surface area (Å²) >= 11 is 0. The van der Waals surface area contributed by atoms with Gasteiger partial charge in [-0.15, -0.1) is 0 Å². The first kappa shape index (κ1) is 20.5. The van der Waals surface area contributed by atoms with Crippen LogP contribution in [-0.4, -0.2) is 23.5 Å². The molecule has 1 aromatic carbocycles. The molecule has 0 amide bonds. The van der Waals surface area contributed by atoms with E-state index in [2.05, 4.69) is 15.1 Å². The number of pyridine rings is 1. The van der Waals surface area contributed by atoms with Crippen molar-refractivity contribution < 1.29 is 26.1 Å². The van der Waals surface area contributed by atoms with Gasteiger partial charge in [0.1, 0.15) is 0 Å². The summed E-state index contributed by atoms with van der Waals surface area (Å²) in [5.74, 6) is -0.199. The molecule has 1 saturated carbocycles. The van der Waals surface area contributed by atoms with Gasteiger partial charge in [0.25, 0.3) is 5.89 Å². The number of primary sulfonamides is 1. The number of benzene rings is 1. The van der Waals surface area contributed by atoms with Gasteiger partial charge in [-0.3, -0.25) is 4.98 Å². The van der Waals surface area contributed by atoms with Gasteiger partial charge in [0.15, 0.2) is 5.82 Å². The standard InChI is InChI=1S/C19H17F3N4O3S/c1-18(2)14(10-3-5-11(6-4-10)30(23,27)28)15(18)16-25-17(29-26-16)12-7-8-24-9-13(12)19(20,21)22/h3-9,14-15H,1-2H3,(H2,23,27,28)/t14-,15+/m0/s1. The van der Waals surface area contributed by atoms with Crippen molar-refractivity contribution >= 4 is 10.0 Å². The normalized spacial score (nSPS) is 20.9. The van der Waals surface area contributed by atoms with Gasteiger partial charge in [-0.25, -0.2) is 13.6 Å². The van der Waals surface area contributed by atoms with Crippen molar-refractivity contribution in [1.82, 2.24) is 15.1 Å². The number of aromatic nitrogens is 3. The first-order chi connectivity index (χ1) is 13.9. The molecule has 1 aliphatic carbocycles. The van der Waals surface area contributed by atoms with Crippen LogP contribution in [0.1, 0.15) is 42.6 Å². The predicted molar refractivity (Wildman–Crippen MR) is 99.6 cm³/mol. The molecular formula is C19H17F3N4O3S. The Balaban J connectivity index is 1.65. The van der Waals surface area contributed by atoms with E-state index < -0.39 is 21.8 Å². The molecular weight excluding hydrogens is 421 g/mol. The Hall–Kier alpha value is -2.79. The van der Waals surface area contributed by atoms with Crippen LogP contribution < -0.4 is 5.14 Å². The fraction of sp³-hybridized carbons (Fsp3) is 0.316. The van der Waals surface area contributed by atoms with Crippen molar-refractivity contribution in [3.8, 4) is 11.5 Å². The maximum atomic E-state index is 13.3. The third-order valence-corrected chi connectivity index (χ3v) is 6.40. The monoisotopic (exact) mass is 438 g/mol. The zero-order chi connectivity index (χ0) is 21.9. The molecule has 2 heterocycles. The number of nitrogens with two attached hydrogens (primary N) is 1. The van der Waals surface area contributed by atoms with Crippen molar-refractivity contribution in [2.75, 3.05) is 0 Å². The fourth-order valence-electron chi connectivity index (χ4n) is 3.88. The maximum Gasteiger partial charge on any atom is 0.418 e. The van der Waals surface area contributed by atoms with E-state index in [1.54, 1.807) is 12.1 Å². The second-order valence-corrected chi connectivity index (χ2v) is 9.33. The average Bonchev–Trinajstić information content (AvgIpc) is 3.01. The molecule has 7 nitrogen and oxygen atoms in total. The highest BCUT2D eigenvalue weighted by Gasteiger charge is 2.61. The van der Waals surface area contributed by atoms with Crippen molar-refractivity contribution in [1.29, 1.82) is 0 Å². The van der Waals surface area contributed by atoms with Crippen LogP contribution >= 0.6 is 0 Å². The zero-order valence-electron chi connectivity index (χ0n) is 15.9. The van der Waals surface area contributed by atoms with E-state index in [1.165, 1.54) is 24.4 Å². The highest BCUT2D eigenvalue weighted by molar-refractivity contribution is 7.89. The van der Waals surface area contributed by atoms with Gasteiger partial charge >= 0.3 is 6.18 Å². The summed E-state index contributed by atoms with van der Waals surface area (Å²) in [7, 11) is -3.80. The van der Waals surface area contributed by atoms with Crippen LogP contribution in [0.2, 0.25) is 0 Å². The lowest BCUT2D eigenvalue weighted by Crippen LogP contribution is -2.11. The Morgan fingerprint density at radius 1 is 1.10 bits per heavy atom. The van der Waals surface area contributed by atoms with Gasteiger partial charge in [-0.2, -0.15) is 18.2 Å². The number of halogens is 3. The minimum absolute atomic E-state index is 0.000436. The first-order valence-corrected chi connectivity index (χ1v) is 10.4. The second kappa shape index (κ2) is 6.61. The van der Waals surface area contributed by atoms with Gasteiger partial charge < -0.3 is 4.52 Å². The largest absolute Gasteiger partial charge is 0.418 e. The van der Waals surface area contributed by atoms with Gasteiger partial charge in [-0.1, -0.05) is 31.1 Å². The SMILES string of the molecule is CC1(C)[C@@H](c2ccc(S(N)(=O)=O)cc2)[C@@H]1c1noc(-c2ccncc2C(F)(F)F)n1. The molecule has 2 aromatic heterocycles. The topological polar surface area (TPSA) is 112 Å². The van der Waals surface area contributed by atoms with E-state index in [0.29, 0.717) is 5.82 Å². The van der Waals surface area contributed by atoms with E-state index in [0.717, 1.165) is 11.8 Å². The molecule has 3 aromatic rings.